The van der Waals surface area contributed by atoms with Crippen LogP contribution < -0.4 is 0 Å². The van der Waals surface area contributed by atoms with Crippen LogP contribution in [0.1, 0.15) is 52.4 Å². The van der Waals surface area contributed by atoms with Gasteiger partial charge in [0.05, 0.1) is 7.11 Å². The molecule has 98 valence electrons. The maximum absolute atomic E-state index is 11.3. The SMILES string of the molecule is COC(=O)CC(=O)CCC=CCCCC(C)C. The molecule has 17 heavy (non-hydrogen) atoms. The predicted molar refractivity (Wildman–Crippen MR) is 68.7 cm³/mol. The monoisotopic (exact) mass is 240 g/mol. The normalized spacial score (nSPS) is 11.1. The lowest BCUT2D eigenvalue weighted by Crippen LogP contribution is -2.08. The van der Waals surface area contributed by atoms with Crippen LogP contribution in [0, 0.1) is 5.92 Å². The third-order valence-corrected chi connectivity index (χ3v) is 2.48. The number of carbonyl (C=O) groups is 2. The van der Waals surface area contributed by atoms with Gasteiger partial charge in [-0.2, -0.15) is 0 Å². The van der Waals surface area contributed by atoms with Crippen LogP contribution in [0.15, 0.2) is 12.2 Å². The highest BCUT2D eigenvalue weighted by molar-refractivity contribution is 5.95. The second-order valence-corrected chi connectivity index (χ2v) is 4.63. The van der Waals surface area contributed by atoms with Gasteiger partial charge in [0.2, 0.25) is 0 Å². The molecule has 0 radical (unpaired) electrons. The topological polar surface area (TPSA) is 43.4 Å². The van der Waals surface area contributed by atoms with E-state index < -0.39 is 5.97 Å². The molecule has 0 aliphatic heterocycles. The Hall–Kier alpha value is -1.12. The van der Waals surface area contributed by atoms with E-state index in [-0.39, 0.29) is 12.2 Å². The van der Waals surface area contributed by atoms with Gasteiger partial charge < -0.3 is 4.74 Å². The van der Waals surface area contributed by atoms with E-state index in [0.717, 1.165) is 18.8 Å². The Morgan fingerprint density at radius 1 is 1.18 bits per heavy atom. The van der Waals surface area contributed by atoms with Crippen LogP contribution in [0.2, 0.25) is 0 Å². The fraction of sp³-hybridized carbons (Fsp3) is 0.714. The minimum Gasteiger partial charge on any atom is -0.469 e. The lowest BCUT2D eigenvalue weighted by Gasteiger charge is -2.00. The third kappa shape index (κ3) is 11.1. The number of rotatable bonds is 9. The molecule has 0 amide bonds. The summed E-state index contributed by atoms with van der Waals surface area (Å²) in [5, 5.41) is 0. The van der Waals surface area contributed by atoms with Crippen molar-refractivity contribution in [2.45, 2.75) is 52.4 Å². The molecule has 0 aromatic rings. The molecule has 0 unspecified atom stereocenters. The highest BCUT2D eigenvalue weighted by Crippen LogP contribution is 2.07. The van der Waals surface area contributed by atoms with E-state index >= 15 is 0 Å². The van der Waals surface area contributed by atoms with Crippen LogP contribution in [0.4, 0.5) is 0 Å². The van der Waals surface area contributed by atoms with Gasteiger partial charge in [0.25, 0.3) is 0 Å². The van der Waals surface area contributed by atoms with Crippen molar-refractivity contribution in [2.24, 2.45) is 5.92 Å². The Morgan fingerprint density at radius 2 is 1.82 bits per heavy atom. The second kappa shape index (κ2) is 10.1. The highest BCUT2D eigenvalue weighted by Gasteiger charge is 2.07. The maximum atomic E-state index is 11.3. The molecule has 0 bridgehead atoms. The first-order valence-corrected chi connectivity index (χ1v) is 6.29. The molecule has 0 N–H and O–H groups in total. The number of hydrogen-bond acceptors (Lipinski definition) is 3. The summed E-state index contributed by atoms with van der Waals surface area (Å²) < 4.78 is 4.42. The van der Waals surface area contributed by atoms with Crippen LogP contribution in [0.5, 0.6) is 0 Å². The van der Waals surface area contributed by atoms with Crippen molar-refractivity contribution in [1.82, 2.24) is 0 Å². The summed E-state index contributed by atoms with van der Waals surface area (Å²) in [7, 11) is 1.30. The molecule has 0 aromatic heterocycles. The summed E-state index contributed by atoms with van der Waals surface area (Å²) in [4.78, 5) is 22.1. The zero-order chi connectivity index (χ0) is 13.1. The Morgan fingerprint density at radius 3 is 2.41 bits per heavy atom. The molecule has 3 heteroatoms. The number of carbonyl (C=O) groups excluding carboxylic acids is 2. The van der Waals surface area contributed by atoms with Gasteiger partial charge in [0, 0.05) is 6.42 Å². The first kappa shape index (κ1) is 15.9. The largest absolute Gasteiger partial charge is 0.469 e. The number of ether oxygens (including phenoxy) is 1. The van der Waals surface area contributed by atoms with E-state index in [2.05, 4.69) is 24.7 Å². The number of methoxy groups -OCH3 is 1. The van der Waals surface area contributed by atoms with Crippen LogP contribution in [-0.2, 0) is 14.3 Å². The summed E-state index contributed by atoms with van der Waals surface area (Å²) >= 11 is 0. The lowest BCUT2D eigenvalue weighted by molar-refractivity contribution is -0.143. The molecule has 0 rings (SSSR count). The molecule has 0 saturated heterocycles. The molecule has 0 aromatic carbocycles. The molecule has 0 spiro atoms. The van der Waals surface area contributed by atoms with Crippen molar-refractivity contribution in [3.05, 3.63) is 12.2 Å². The summed E-state index contributed by atoms with van der Waals surface area (Å²) in [6.45, 7) is 4.43. The molecule has 0 aliphatic carbocycles. The summed E-state index contributed by atoms with van der Waals surface area (Å²) in [5.74, 6) is 0.254. The van der Waals surface area contributed by atoms with Crippen LogP contribution >= 0.6 is 0 Å². The van der Waals surface area contributed by atoms with Crippen LogP contribution in [-0.4, -0.2) is 18.9 Å². The molecule has 0 atom stereocenters. The fourth-order valence-corrected chi connectivity index (χ4v) is 1.45. The second-order valence-electron chi connectivity index (χ2n) is 4.63. The van der Waals surface area contributed by atoms with Gasteiger partial charge in [0.15, 0.2) is 0 Å². The fourth-order valence-electron chi connectivity index (χ4n) is 1.45. The average Bonchev–Trinajstić information content (AvgIpc) is 2.27. The zero-order valence-electron chi connectivity index (χ0n) is 11.2. The van der Waals surface area contributed by atoms with Crippen molar-refractivity contribution in [1.29, 1.82) is 0 Å². The highest BCUT2D eigenvalue weighted by atomic mass is 16.5. The third-order valence-electron chi connectivity index (χ3n) is 2.48. The van der Waals surface area contributed by atoms with Gasteiger partial charge >= 0.3 is 5.97 Å². The van der Waals surface area contributed by atoms with Crippen molar-refractivity contribution in [2.75, 3.05) is 7.11 Å². The molecular weight excluding hydrogens is 216 g/mol. The minimum absolute atomic E-state index is 0.0521. The smallest absolute Gasteiger partial charge is 0.313 e. The molecule has 0 saturated carbocycles. The summed E-state index contributed by atoms with van der Waals surface area (Å²) in [5.41, 5.74) is 0. The Labute approximate surface area is 104 Å². The first-order valence-electron chi connectivity index (χ1n) is 6.29. The van der Waals surface area contributed by atoms with Crippen LogP contribution in [0.3, 0.4) is 0 Å². The quantitative estimate of drug-likeness (QED) is 0.269. The number of esters is 1. The lowest BCUT2D eigenvalue weighted by atomic mass is 10.1. The Bertz CT molecular complexity index is 254. The van der Waals surface area contributed by atoms with Gasteiger partial charge in [-0.1, -0.05) is 32.4 Å². The number of Topliss-reactive ketones (excluding diaryl/α,β-unsaturated/α-hetero) is 1. The van der Waals surface area contributed by atoms with E-state index in [9.17, 15) is 9.59 Å². The van der Waals surface area contributed by atoms with Gasteiger partial charge in [-0.25, -0.2) is 0 Å². The van der Waals surface area contributed by atoms with E-state index in [1.54, 1.807) is 0 Å². The average molecular weight is 240 g/mol. The van der Waals surface area contributed by atoms with E-state index in [1.807, 2.05) is 6.08 Å². The Kier molecular flexibility index (Phi) is 9.40. The van der Waals surface area contributed by atoms with Crippen molar-refractivity contribution in [3.63, 3.8) is 0 Å². The van der Waals surface area contributed by atoms with E-state index in [0.29, 0.717) is 6.42 Å². The molecular formula is C14H24O3. The van der Waals surface area contributed by atoms with Gasteiger partial charge in [-0.05, 0) is 25.2 Å². The van der Waals surface area contributed by atoms with Crippen LogP contribution in [0.25, 0.3) is 0 Å². The van der Waals surface area contributed by atoms with E-state index in [4.69, 9.17) is 0 Å². The van der Waals surface area contributed by atoms with Gasteiger partial charge in [-0.3, -0.25) is 9.59 Å². The summed E-state index contributed by atoms with van der Waals surface area (Å²) in [6.07, 6.45) is 8.70. The standard InChI is InChI=1S/C14H24O3/c1-12(2)9-7-5-4-6-8-10-13(15)11-14(16)17-3/h4,6,12H,5,7-11H2,1-3H3. The van der Waals surface area contributed by atoms with E-state index in [1.165, 1.54) is 20.0 Å². The molecule has 3 nitrogen and oxygen atoms in total. The predicted octanol–water partition coefficient (Wildman–Crippen LogP) is 3.28. The minimum atomic E-state index is -0.448. The van der Waals surface area contributed by atoms with Crippen molar-refractivity contribution >= 4 is 11.8 Å². The molecule has 0 fully saturated rings. The summed E-state index contributed by atoms with van der Waals surface area (Å²) in [6, 6.07) is 0. The van der Waals surface area contributed by atoms with Crippen molar-refractivity contribution < 1.29 is 14.3 Å². The Balaban J connectivity index is 3.46. The number of hydrogen-bond donors (Lipinski definition) is 0. The first-order chi connectivity index (χ1) is 8.06. The number of unbranched alkanes of at least 4 members (excludes halogenated alkanes) is 1. The molecule has 0 aliphatic rings. The number of ketones is 1. The zero-order valence-corrected chi connectivity index (χ0v) is 11.2. The van der Waals surface area contributed by atoms with Crippen molar-refractivity contribution in [3.8, 4) is 0 Å². The molecule has 0 heterocycles. The number of allylic oxidation sites excluding steroid dienone is 2. The van der Waals surface area contributed by atoms with Gasteiger partial charge in [-0.15, -0.1) is 0 Å². The maximum Gasteiger partial charge on any atom is 0.313 e. The van der Waals surface area contributed by atoms with Gasteiger partial charge in [0.1, 0.15) is 12.2 Å².